The molecule has 0 saturated carbocycles. The van der Waals surface area contributed by atoms with Gasteiger partial charge in [0.05, 0.1) is 5.56 Å². The number of nitrogens with one attached hydrogen (secondary N) is 1. The van der Waals surface area contributed by atoms with Gasteiger partial charge in [-0.25, -0.2) is 4.98 Å². The predicted octanol–water partition coefficient (Wildman–Crippen LogP) is 3.43. The van der Waals surface area contributed by atoms with E-state index >= 15 is 0 Å². The van der Waals surface area contributed by atoms with Gasteiger partial charge in [-0.2, -0.15) is 13.2 Å². The molecule has 0 radical (unpaired) electrons. The van der Waals surface area contributed by atoms with Crippen molar-refractivity contribution < 1.29 is 13.2 Å². The first-order valence-electron chi connectivity index (χ1n) is 6.80. The van der Waals surface area contributed by atoms with Gasteiger partial charge in [-0.05, 0) is 25.6 Å². The molecule has 1 atom stereocenters. The van der Waals surface area contributed by atoms with Gasteiger partial charge in [0.25, 0.3) is 0 Å². The van der Waals surface area contributed by atoms with Gasteiger partial charge < -0.3 is 9.88 Å². The third-order valence-electron chi connectivity index (χ3n) is 3.52. The van der Waals surface area contributed by atoms with Crippen molar-refractivity contribution in [2.24, 2.45) is 0 Å². The molecule has 3 nitrogen and oxygen atoms in total. The zero-order valence-corrected chi connectivity index (χ0v) is 12.0. The number of rotatable bonds is 5. The standard InChI is InChI=1S/C15H18F3N3/c1-3-21-9-8-20-14(21)10-13(19-2)11-6-4-5-7-12(11)15(16,17)18/h4-9,13,19H,3,10H2,1-2H3. The highest BCUT2D eigenvalue weighted by molar-refractivity contribution is 5.33. The molecule has 0 aliphatic carbocycles. The Labute approximate surface area is 121 Å². The SMILES string of the molecule is CCn1ccnc1CC(NC)c1ccccc1C(F)(F)F. The Kier molecular flexibility index (Phi) is 4.67. The van der Waals surface area contributed by atoms with Crippen molar-refractivity contribution in [1.82, 2.24) is 14.9 Å². The minimum atomic E-state index is -4.36. The lowest BCUT2D eigenvalue weighted by molar-refractivity contribution is -0.138. The summed E-state index contributed by atoms with van der Waals surface area (Å²) in [6, 6.07) is 5.23. The molecular formula is C15H18F3N3. The molecule has 6 heteroatoms. The van der Waals surface area contributed by atoms with Crippen LogP contribution in [0.4, 0.5) is 13.2 Å². The Morgan fingerprint density at radius 3 is 2.62 bits per heavy atom. The fraction of sp³-hybridized carbons (Fsp3) is 0.400. The monoisotopic (exact) mass is 297 g/mol. The smallest absolute Gasteiger partial charge is 0.335 e. The Morgan fingerprint density at radius 2 is 2.00 bits per heavy atom. The molecule has 1 aromatic heterocycles. The van der Waals surface area contributed by atoms with Crippen molar-refractivity contribution in [3.05, 3.63) is 53.6 Å². The van der Waals surface area contributed by atoms with Crippen molar-refractivity contribution in [1.29, 1.82) is 0 Å². The molecule has 0 aliphatic heterocycles. The highest BCUT2D eigenvalue weighted by Gasteiger charge is 2.34. The summed E-state index contributed by atoms with van der Waals surface area (Å²) in [5, 5.41) is 2.97. The Bertz CT molecular complexity index is 590. The van der Waals surface area contributed by atoms with Crippen molar-refractivity contribution >= 4 is 0 Å². The first-order valence-corrected chi connectivity index (χ1v) is 6.80. The maximum Gasteiger partial charge on any atom is 0.416 e. The minimum absolute atomic E-state index is 0.248. The van der Waals surface area contributed by atoms with E-state index in [1.54, 1.807) is 19.3 Å². The number of hydrogen-bond donors (Lipinski definition) is 1. The summed E-state index contributed by atoms with van der Waals surface area (Å²) in [6.45, 7) is 2.72. The van der Waals surface area contributed by atoms with E-state index in [9.17, 15) is 13.2 Å². The number of likely N-dealkylation sites (N-methyl/N-ethyl adjacent to an activating group) is 1. The van der Waals surface area contributed by atoms with Crippen LogP contribution in [0.2, 0.25) is 0 Å². The summed E-state index contributed by atoms with van der Waals surface area (Å²) in [4.78, 5) is 4.23. The molecule has 1 N–H and O–H groups in total. The molecule has 2 aromatic rings. The maximum absolute atomic E-state index is 13.1. The molecule has 1 aromatic carbocycles. The van der Waals surface area contributed by atoms with E-state index in [2.05, 4.69) is 10.3 Å². The average molecular weight is 297 g/mol. The third kappa shape index (κ3) is 3.44. The summed E-state index contributed by atoms with van der Waals surface area (Å²) in [6.07, 6.45) is -0.449. The fourth-order valence-electron chi connectivity index (χ4n) is 2.43. The number of aromatic nitrogens is 2. The molecule has 0 aliphatic rings. The van der Waals surface area contributed by atoms with Gasteiger partial charge in [0.2, 0.25) is 0 Å². The van der Waals surface area contributed by atoms with E-state index in [-0.39, 0.29) is 5.56 Å². The Hall–Kier alpha value is -1.82. The molecular weight excluding hydrogens is 279 g/mol. The first-order chi connectivity index (χ1) is 9.97. The number of nitrogens with zero attached hydrogens (tertiary/aromatic N) is 2. The molecule has 0 spiro atoms. The van der Waals surface area contributed by atoms with Gasteiger partial charge in [0.1, 0.15) is 5.82 Å². The fourth-order valence-corrected chi connectivity index (χ4v) is 2.43. The van der Waals surface area contributed by atoms with Crippen LogP contribution < -0.4 is 5.32 Å². The number of aryl methyl sites for hydroxylation is 1. The van der Waals surface area contributed by atoms with E-state index in [0.717, 1.165) is 18.4 Å². The second-order valence-electron chi connectivity index (χ2n) is 4.76. The van der Waals surface area contributed by atoms with Crippen molar-refractivity contribution in [3.8, 4) is 0 Å². The summed E-state index contributed by atoms with van der Waals surface area (Å²) in [5.74, 6) is 0.772. The van der Waals surface area contributed by atoms with E-state index in [4.69, 9.17) is 0 Å². The van der Waals surface area contributed by atoms with Gasteiger partial charge in [-0.3, -0.25) is 0 Å². The lowest BCUT2D eigenvalue weighted by Crippen LogP contribution is -2.24. The zero-order valence-electron chi connectivity index (χ0n) is 12.0. The second-order valence-corrected chi connectivity index (χ2v) is 4.76. The molecule has 114 valence electrons. The van der Waals surface area contributed by atoms with Crippen LogP contribution in [-0.4, -0.2) is 16.6 Å². The molecule has 2 rings (SSSR count). The maximum atomic E-state index is 13.1. The van der Waals surface area contributed by atoms with Crippen LogP contribution in [0, 0.1) is 0 Å². The van der Waals surface area contributed by atoms with E-state index in [0.29, 0.717) is 6.42 Å². The van der Waals surface area contributed by atoms with Crippen LogP contribution >= 0.6 is 0 Å². The summed E-state index contributed by atoms with van der Waals surface area (Å²) in [7, 11) is 1.66. The normalized spacial score (nSPS) is 13.4. The summed E-state index contributed by atoms with van der Waals surface area (Å²) >= 11 is 0. The van der Waals surface area contributed by atoms with Crippen molar-refractivity contribution in [2.45, 2.75) is 32.1 Å². The zero-order chi connectivity index (χ0) is 15.5. The second kappa shape index (κ2) is 6.30. The van der Waals surface area contributed by atoms with Crippen molar-refractivity contribution in [3.63, 3.8) is 0 Å². The first kappa shape index (κ1) is 15.6. The molecule has 0 bridgehead atoms. The summed E-state index contributed by atoms with van der Waals surface area (Å²) in [5.41, 5.74) is -0.350. The lowest BCUT2D eigenvalue weighted by atomic mass is 9.97. The van der Waals surface area contributed by atoms with Gasteiger partial charge in [0, 0.05) is 31.4 Å². The topological polar surface area (TPSA) is 29.9 Å². The van der Waals surface area contributed by atoms with E-state index in [1.807, 2.05) is 17.7 Å². The Balaban J connectivity index is 2.34. The molecule has 1 heterocycles. The quantitative estimate of drug-likeness (QED) is 0.916. The predicted molar refractivity (Wildman–Crippen MR) is 74.8 cm³/mol. The van der Waals surface area contributed by atoms with Gasteiger partial charge >= 0.3 is 6.18 Å². The van der Waals surface area contributed by atoms with E-state index < -0.39 is 17.8 Å². The van der Waals surface area contributed by atoms with Crippen LogP contribution in [0.5, 0.6) is 0 Å². The number of imidazole rings is 1. The molecule has 1 unspecified atom stereocenters. The number of benzene rings is 1. The largest absolute Gasteiger partial charge is 0.416 e. The molecule has 0 saturated heterocycles. The van der Waals surface area contributed by atoms with E-state index in [1.165, 1.54) is 12.1 Å². The number of alkyl halides is 3. The molecule has 0 amide bonds. The lowest BCUT2D eigenvalue weighted by Gasteiger charge is -2.21. The van der Waals surface area contributed by atoms with Gasteiger partial charge in [-0.1, -0.05) is 18.2 Å². The Morgan fingerprint density at radius 1 is 1.29 bits per heavy atom. The number of hydrogen-bond acceptors (Lipinski definition) is 2. The average Bonchev–Trinajstić information content (AvgIpc) is 2.91. The van der Waals surface area contributed by atoms with Crippen LogP contribution in [0.25, 0.3) is 0 Å². The number of halogens is 3. The summed E-state index contributed by atoms with van der Waals surface area (Å²) < 4.78 is 41.3. The highest BCUT2D eigenvalue weighted by Crippen LogP contribution is 2.35. The van der Waals surface area contributed by atoms with Gasteiger partial charge in [0.15, 0.2) is 0 Å². The minimum Gasteiger partial charge on any atom is -0.335 e. The van der Waals surface area contributed by atoms with Crippen LogP contribution in [0.15, 0.2) is 36.7 Å². The molecule has 21 heavy (non-hydrogen) atoms. The van der Waals surface area contributed by atoms with Crippen LogP contribution in [0.3, 0.4) is 0 Å². The van der Waals surface area contributed by atoms with Crippen LogP contribution in [0.1, 0.15) is 29.9 Å². The highest BCUT2D eigenvalue weighted by atomic mass is 19.4. The van der Waals surface area contributed by atoms with Gasteiger partial charge in [-0.15, -0.1) is 0 Å². The molecule has 0 fully saturated rings. The van der Waals surface area contributed by atoms with Crippen molar-refractivity contribution in [2.75, 3.05) is 7.05 Å². The third-order valence-corrected chi connectivity index (χ3v) is 3.52. The van der Waals surface area contributed by atoms with Crippen LogP contribution in [-0.2, 0) is 19.1 Å².